The molecule has 9 nitrogen and oxygen atoms in total. The first-order chi connectivity index (χ1) is 42.2. The van der Waals surface area contributed by atoms with Gasteiger partial charge in [-0.05, 0) is 184 Å². The Hall–Kier alpha value is -8.87. The van der Waals surface area contributed by atoms with Gasteiger partial charge in [0, 0.05) is 50.2 Å². The molecule has 9 heteroatoms. The lowest BCUT2D eigenvalue weighted by atomic mass is 9.97. The molecular formula is C77H83N5O4. The number of H-pyrrole nitrogens is 2. The average Bonchev–Trinajstić information content (AvgIpc) is 2.93. The zero-order valence-corrected chi connectivity index (χ0v) is 51.3. The number of anilines is 3. The van der Waals surface area contributed by atoms with Crippen molar-refractivity contribution in [2.24, 2.45) is 0 Å². The summed E-state index contributed by atoms with van der Waals surface area (Å²) in [5.41, 5.74) is 19.3. The van der Waals surface area contributed by atoms with Crippen molar-refractivity contribution in [3.63, 3.8) is 0 Å². The second-order valence-corrected chi connectivity index (χ2v) is 22.9. The van der Waals surface area contributed by atoms with Crippen molar-refractivity contribution in [1.29, 1.82) is 0 Å². The lowest BCUT2D eigenvalue weighted by Gasteiger charge is -2.27. The van der Waals surface area contributed by atoms with Crippen LogP contribution in [-0.2, 0) is 12.8 Å². The van der Waals surface area contributed by atoms with Crippen LogP contribution in [-0.4, -0.2) is 44.2 Å². The number of aryl methyl sites for hydroxylation is 4. The number of hydrogen-bond acceptors (Lipinski definition) is 6. The van der Waals surface area contributed by atoms with Gasteiger partial charge in [0.2, 0.25) is 0 Å². The number of hydrogen-bond donors (Lipinski definition) is 3. The third-order valence-corrected chi connectivity index (χ3v) is 16.4. The fourth-order valence-electron chi connectivity index (χ4n) is 11.7. The molecule has 5 aromatic carbocycles. The second-order valence-electron chi connectivity index (χ2n) is 22.9. The molecule has 2 aliphatic rings. The highest BCUT2D eigenvalue weighted by atomic mass is 16.5. The lowest BCUT2D eigenvalue weighted by molar-refractivity contribution is 0.0696. The van der Waals surface area contributed by atoms with Crippen LogP contribution in [0.2, 0.25) is 0 Å². The van der Waals surface area contributed by atoms with E-state index in [9.17, 15) is 9.90 Å². The van der Waals surface area contributed by atoms with Gasteiger partial charge in [-0.3, -0.25) is 0 Å². The monoisotopic (exact) mass is 1140 g/mol. The van der Waals surface area contributed by atoms with Crippen LogP contribution >= 0.6 is 0 Å². The third kappa shape index (κ3) is 14.3. The summed E-state index contributed by atoms with van der Waals surface area (Å²) in [6.45, 7) is 14.4. The van der Waals surface area contributed by atoms with Crippen LogP contribution < -0.4 is 14.4 Å². The number of nitrogens with one attached hydrogen (secondary N) is 2. The number of nitrogens with zero attached hydrogens (tertiary/aromatic N) is 3. The number of rotatable bonds is 26. The SMILES string of the molecule is CCCCCCc1ccc(N(c2ccc(CCCCCC)cc2)c2c3nc(c(-c4c(C)cccc4OCCCCC)c4ccc([nH]4)c(C#Cc4ccc(C(=O)O)cc4)c4nc(c(-c5c(C)cccc5OCCCCC)c5ccc2[nH]5)C=C4)C=C3)cc1. The van der Waals surface area contributed by atoms with Gasteiger partial charge in [-0.1, -0.05) is 152 Å². The predicted octanol–water partition coefficient (Wildman–Crippen LogP) is 20.6. The number of ether oxygens (including phenoxy) is 2. The Morgan fingerprint density at radius 1 is 0.465 bits per heavy atom. The Labute approximate surface area is 509 Å². The van der Waals surface area contributed by atoms with Crippen LogP contribution in [0.5, 0.6) is 11.5 Å². The van der Waals surface area contributed by atoms with Crippen molar-refractivity contribution < 1.29 is 19.4 Å². The molecule has 0 unspecified atom stereocenters. The van der Waals surface area contributed by atoms with Crippen LogP contribution in [0.15, 0.2) is 133 Å². The Balaban J connectivity index is 1.31. The molecule has 2 aliphatic heterocycles. The Bertz CT molecular complexity index is 3830. The van der Waals surface area contributed by atoms with Gasteiger partial charge in [-0.2, -0.15) is 0 Å². The highest BCUT2D eigenvalue weighted by molar-refractivity contribution is 6.01. The Morgan fingerprint density at radius 2 is 0.919 bits per heavy atom. The number of carboxylic acid groups (broad SMARTS) is 1. The minimum atomic E-state index is -0.988. The number of carboxylic acids is 1. The van der Waals surface area contributed by atoms with Crippen molar-refractivity contribution in [3.05, 3.63) is 195 Å². The van der Waals surface area contributed by atoms with Gasteiger partial charge in [0.25, 0.3) is 0 Å². The van der Waals surface area contributed by atoms with Crippen molar-refractivity contribution >= 4 is 69.4 Å². The highest BCUT2D eigenvalue weighted by Gasteiger charge is 2.25. The number of aromatic carboxylic acids is 1. The van der Waals surface area contributed by atoms with Crippen molar-refractivity contribution in [2.75, 3.05) is 18.1 Å². The molecule has 10 rings (SSSR count). The first-order valence-corrected chi connectivity index (χ1v) is 31.6. The molecule has 440 valence electrons. The minimum absolute atomic E-state index is 0.198. The predicted molar refractivity (Wildman–Crippen MR) is 359 cm³/mol. The first kappa shape index (κ1) is 60.3. The summed E-state index contributed by atoms with van der Waals surface area (Å²) >= 11 is 0. The molecule has 0 saturated carbocycles. The molecule has 0 atom stereocenters. The number of unbranched alkanes of at least 4 members (excludes halogenated alkanes) is 10. The molecule has 0 saturated heterocycles. The van der Waals surface area contributed by atoms with E-state index in [0.29, 0.717) is 30.0 Å². The summed E-state index contributed by atoms with van der Waals surface area (Å²) in [5.74, 6) is 7.50. The van der Waals surface area contributed by atoms with E-state index < -0.39 is 5.97 Å². The largest absolute Gasteiger partial charge is 0.493 e. The van der Waals surface area contributed by atoms with Crippen LogP contribution in [0.25, 0.3) is 68.6 Å². The summed E-state index contributed by atoms with van der Waals surface area (Å²) in [6.07, 6.45) is 26.4. The summed E-state index contributed by atoms with van der Waals surface area (Å²) < 4.78 is 13.6. The maximum Gasteiger partial charge on any atom is 0.335 e. The molecule has 0 amide bonds. The maximum absolute atomic E-state index is 11.9. The van der Waals surface area contributed by atoms with Gasteiger partial charge < -0.3 is 29.4 Å². The first-order valence-electron chi connectivity index (χ1n) is 31.6. The van der Waals surface area contributed by atoms with Gasteiger partial charge in [0.05, 0.1) is 63.8 Å². The summed E-state index contributed by atoms with van der Waals surface area (Å²) in [5, 5.41) is 9.74. The van der Waals surface area contributed by atoms with Gasteiger partial charge >= 0.3 is 5.97 Å². The van der Waals surface area contributed by atoms with E-state index in [-0.39, 0.29) is 5.56 Å². The topological polar surface area (TPSA) is 116 Å². The molecule has 8 bridgehead atoms. The van der Waals surface area contributed by atoms with Crippen LogP contribution in [0, 0.1) is 25.7 Å². The van der Waals surface area contributed by atoms with Crippen molar-refractivity contribution in [1.82, 2.24) is 19.9 Å². The summed E-state index contributed by atoms with van der Waals surface area (Å²) in [4.78, 5) is 33.6. The van der Waals surface area contributed by atoms with Crippen LogP contribution in [0.4, 0.5) is 17.1 Å². The number of aromatic amines is 2. The molecule has 5 heterocycles. The third-order valence-electron chi connectivity index (χ3n) is 16.4. The molecule has 0 radical (unpaired) electrons. The fourth-order valence-corrected chi connectivity index (χ4v) is 11.7. The van der Waals surface area contributed by atoms with Gasteiger partial charge in [-0.25, -0.2) is 14.8 Å². The molecule has 0 fully saturated rings. The summed E-state index contributed by atoms with van der Waals surface area (Å²) in [6, 6.07) is 46.2. The van der Waals surface area contributed by atoms with Crippen molar-refractivity contribution in [3.8, 4) is 45.6 Å². The zero-order valence-electron chi connectivity index (χ0n) is 51.3. The molecule has 3 aromatic heterocycles. The Morgan fingerprint density at radius 3 is 1.43 bits per heavy atom. The fraction of sp³-hybridized carbons (Fsp3) is 0.312. The van der Waals surface area contributed by atoms with Crippen LogP contribution in [0.1, 0.15) is 184 Å². The van der Waals surface area contributed by atoms with Crippen molar-refractivity contribution in [2.45, 2.75) is 144 Å². The van der Waals surface area contributed by atoms with E-state index in [4.69, 9.17) is 19.4 Å². The molecular weight excluding hydrogens is 1060 g/mol. The van der Waals surface area contributed by atoms with Gasteiger partial charge in [-0.15, -0.1) is 0 Å². The number of fused-ring (bicyclic) bond motifs is 8. The normalized spacial score (nSPS) is 11.7. The van der Waals surface area contributed by atoms with Crippen LogP contribution in [0.3, 0.4) is 0 Å². The number of aromatic nitrogens is 4. The quantitative estimate of drug-likeness (QED) is 0.0365. The highest BCUT2D eigenvalue weighted by Crippen LogP contribution is 2.45. The molecule has 3 N–H and O–H groups in total. The van der Waals surface area contributed by atoms with E-state index in [2.05, 4.69) is 202 Å². The molecule has 0 aliphatic carbocycles. The standard InChI is InChI=1S/C77H83N5O4/c1-7-11-15-17-25-55-31-38-59(39-32-55)82(60-40-33-56(34-41-60)26-18-16-12-8-2)76-68-49-47-66(80-68)74(72-53(5)23-21-27-70(72)85-51-19-13-9-3)64-45-43-62(78-64)61(42-35-57-29-36-58(37-30-57)77(83)84)63-44-46-65(79-63)75(67-48-50-69(76)81-67)73-54(6)24-22-28-71(73)86-52-20-14-10-4/h21-24,27-34,36-41,43-50,78,81H,7-20,25-26,51-52H2,1-6H3,(H,83,84). The average molecular weight is 1140 g/mol. The second kappa shape index (κ2) is 29.3. The smallest absolute Gasteiger partial charge is 0.335 e. The maximum atomic E-state index is 11.9. The molecule has 0 spiro atoms. The van der Waals surface area contributed by atoms with E-state index in [1.807, 2.05) is 0 Å². The van der Waals surface area contributed by atoms with E-state index in [0.717, 1.165) is 165 Å². The van der Waals surface area contributed by atoms with Gasteiger partial charge in [0.15, 0.2) is 0 Å². The number of carbonyl (C=O) groups is 1. The molecule has 86 heavy (non-hydrogen) atoms. The zero-order chi connectivity index (χ0) is 59.8. The summed E-state index contributed by atoms with van der Waals surface area (Å²) in [7, 11) is 0. The number of benzene rings is 5. The molecule has 8 aromatic rings. The van der Waals surface area contributed by atoms with E-state index in [1.54, 1.807) is 24.3 Å². The van der Waals surface area contributed by atoms with E-state index in [1.165, 1.54) is 49.7 Å². The lowest BCUT2D eigenvalue weighted by Crippen LogP contribution is -2.12. The Kier molecular flexibility index (Phi) is 20.5. The van der Waals surface area contributed by atoms with E-state index >= 15 is 0 Å². The van der Waals surface area contributed by atoms with Gasteiger partial charge in [0.1, 0.15) is 11.5 Å². The minimum Gasteiger partial charge on any atom is -0.493 e.